The van der Waals surface area contributed by atoms with Crippen LogP contribution in [0.1, 0.15) is 13.8 Å². The number of carbonyl (C=O) groups is 1. The van der Waals surface area contributed by atoms with Crippen LogP contribution in [0.25, 0.3) is 0 Å². The van der Waals surface area contributed by atoms with Gasteiger partial charge in [-0.05, 0) is 13.8 Å². The Morgan fingerprint density at radius 3 is 2.43 bits per heavy atom. The van der Waals surface area contributed by atoms with Crippen LogP contribution >= 0.6 is 0 Å². The molecule has 0 heterocycles. The van der Waals surface area contributed by atoms with Crippen molar-refractivity contribution in [1.29, 1.82) is 5.41 Å². The van der Waals surface area contributed by atoms with E-state index in [4.69, 9.17) is 11.1 Å². The van der Waals surface area contributed by atoms with Crippen molar-refractivity contribution in [1.82, 2.24) is 0 Å². The van der Waals surface area contributed by atoms with Crippen LogP contribution in [0.15, 0.2) is 11.4 Å². The third-order valence-corrected chi connectivity index (χ3v) is 1.29. The van der Waals surface area contributed by atoms with Crippen molar-refractivity contribution in [2.75, 3.05) is 6.61 Å². The van der Waals surface area contributed by atoms with Gasteiger partial charge in [-0.25, -0.2) is 4.79 Å². The lowest BCUT2D eigenvalue weighted by Gasteiger charge is -2.02. The van der Waals surface area contributed by atoms with E-state index in [2.05, 4.69) is 4.74 Å². The second-order valence-corrected chi connectivity index (χ2v) is 2.36. The van der Waals surface area contributed by atoms with Crippen molar-refractivity contribution < 1.29 is 14.5 Å². The van der Waals surface area contributed by atoms with E-state index in [1.165, 1.54) is 6.92 Å². The normalized spacial score (nSPS) is 11.6. The Labute approximate surface area is 80.2 Å². The predicted molar refractivity (Wildman–Crippen MR) is 48.2 cm³/mol. The standard InChI is InChI=1S/C7H11N3O4/c1-3-14-7(11)5(9)6(4(2)8)10(12)13/h8H,3,9H2,1-2H3/b6-5+,8-4?. The van der Waals surface area contributed by atoms with Gasteiger partial charge >= 0.3 is 11.7 Å². The monoisotopic (exact) mass is 201 g/mol. The lowest BCUT2D eigenvalue weighted by molar-refractivity contribution is -0.416. The van der Waals surface area contributed by atoms with Crippen LogP contribution in [-0.2, 0) is 9.53 Å². The van der Waals surface area contributed by atoms with E-state index < -0.39 is 22.3 Å². The maximum absolute atomic E-state index is 11.0. The molecule has 7 heteroatoms. The Hall–Kier alpha value is -1.92. The van der Waals surface area contributed by atoms with E-state index in [1.54, 1.807) is 6.92 Å². The molecule has 0 aromatic carbocycles. The molecule has 0 spiro atoms. The SMILES string of the molecule is CCOC(=O)/C(N)=C(/C(C)=N)[N+](=O)[O-]. The molecular weight excluding hydrogens is 190 g/mol. The highest BCUT2D eigenvalue weighted by molar-refractivity contribution is 6.01. The molecule has 14 heavy (non-hydrogen) atoms. The maximum Gasteiger partial charge on any atom is 0.361 e. The molecular formula is C7H11N3O4. The first-order valence-corrected chi connectivity index (χ1v) is 3.78. The van der Waals surface area contributed by atoms with Gasteiger partial charge in [-0.15, -0.1) is 0 Å². The molecule has 0 atom stereocenters. The van der Waals surface area contributed by atoms with Crippen LogP contribution in [0.2, 0.25) is 0 Å². The zero-order valence-electron chi connectivity index (χ0n) is 7.86. The second kappa shape index (κ2) is 4.95. The van der Waals surface area contributed by atoms with Gasteiger partial charge in [0.1, 0.15) is 5.71 Å². The summed E-state index contributed by atoms with van der Waals surface area (Å²) in [5.74, 6) is -0.981. The van der Waals surface area contributed by atoms with Crippen molar-refractivity contribution in [3.63, 3.8) is 0 Å². The number of esters is 1. The number of ether oxygens (including phenoxy) is 1. The lowest BCUT2D eigenvalue weighted by atomic mass is 10.2. The number of hydrogen-bond donors (Lipinski definition) is 2. The number of hydrogen-bond acceptors (Lipinski definition) is 6. The van der Waals surface area contributed by atoms with Crippen LogP contribution < -0.4 is 5.73 Å². The molecule has 0 aliphatic rings. The summed E-state index contributed by atoms with van der Waals surface area (Å²) in [5.41, 5.74) is 3.42. The third-order valence-electron chi connectivity index (χ3n) is 1.29. The summed E-state index contributed by atoms with van der Waals surface area (Å²) in [5, 5.41) is 17.5. The first kappa shape index (κ1) is 12.1. The van der Waals surface area contributed by atoms with Gasteiger partial charge in [0.15, 0.2) is 5.70 Å². The summed E-state index contributed by atoms with van der Waals surface area (Å²) in [7, 11) is 0. The lowest BCUT2D eigenvalue weighted by Crippen LogP contribution is -2.23. The van der Waals surface area contributed by atoms with E-state index in [0.29, 0.717) is 0 Å². The first-order chi connectivity index (χ1) is 6.41. The summed E-state index contributed by atoms with van der Waals surface area (Å²) in [6.45, 7) is 2.79. The van der Waals surface area contributed by atoms with Gasteiger partial charge in [0.25, 0.3) is 0 Å². The van der Waals surface area contributed by atoms with Gasteiger partial charge in [0.05, 0.1) is 11.5 Å². The fourth-order valence-corrected chi connectivity index (χ4v) is 0.743. The highest BCUT2D eigenvalue weighted by Crippen LogP contribution is 2.04. The summed E-state index contributed by atoms with van der Waals surface area (Å²) in [6, 6.07) is 0. The van der Waals surface area contributed by atoms with Crippen LogP contribution in [0, 0.1) is 15.5 Å². The number of rotatable bonds is 4. The van der Waals surface area contributed by atoms with E-state index >= 15 is 0 Å². The van der Waals surface area contributed by atoms with Crippen molar-refractivity contribution in [3.8, 4) is 0 Å². The molecule has 0 aromatic heterocycles. The minimum absolute atomic E-state index is 0.0710. The zero-order valence-corrected chi connectivity index (χ0v) is 7.86. The molecule has 0 radical (unpaired) electrons. The van der Waals surface area contributed by atoms with Gasteiger partial charge in [-0.2, -0.15) is 0 Å². The second-order valence-electron chi connectivity index (χ2n) is 2.36. The Morgan fingerprint density at radius 1 is 1.64 bits per heavy atom. The number of nitro groups is 1. The summed E-state index contributed by atoms with van der Waals surface area (Å²) >= 11 is 0. The minimum Gasteiger partial charge on any atom is -0.461 e. The Kier molecular flexibility index (Phi) is 4.27. The molecule has 0 fully saturated rings. The van der Waals surface area contributed by atoms with Crippen molar-refractivity contribution in [2.24, 2.45) is 5.73 Å². The molecule has 0 aliphatic carbocycles. The van der Waals surface area contributed by atoms with Crippen LogP contribution in [-0.4, -0.2) is 23.2 Å². The molecule has 0 aliphatic heterocycles. The van der Waals surface area contributed by atoms with Crippen LogP contribution in [0.5, 0.6) is 0 Å². The molecule has 78 valence electrons. The van der Waals surface area contributed by atoms with Crippen molar-refractivity contribution in [2.45, 2.75) is 13.8 Å². The molecule has 0 saturated carbocycles. The number of nitrogens with one attached hydrogen (secondary N) is 1. The summed E-state index contributed by atoms with van der Waals surface area (Å²) in [4.78, 5) is 20.5. The fourth-order valence-electron chi connectivity index (χ4n) is 0.743. The molecule has 0 bridgehead atoms. The van der Waals surface area contributed by atoms with E-state index in [0.717, 1.165) is 0 Å². The molecule has 0 saturated heterocycles. The van der Waals surface area contributed by atoms with E-state index in [-0.39, 0.29) is 12.3 Å². The van der Waals surface area contributed by atoms with E-state index in [1.807, 2.05) is 0 Å². The summed E-state index contributed by atoms with van der Waals surface area (Å²) in [6.07, 6.45) is 0. The predicted octanol–water partition coefficient (Wildman–Crippen LogP) is 0.0362. The van der Waals surface area contributed by atoms with E-state index in [9.17, 15) is 14.9 Å². The van der Waals surface area contributed by atoms with Gasteiger partial charge in [0.2, 0.25) is 0 Å². The van der Waals surface area contributed by atoms with Gasteiger partial charge < -0.3 is 10.5 Å². The van der Waals surface area contributed by atoms with Crippen LogP contribution in [0.4, 0.5) is 0 Å². The molecule has 0 rings (SSSR count). The average Bonchev–Trinajstić information content (AvgIpc) is 2.03. The Bertz CT molecular complexity index is 292. The highest BCUT2D eigenvalue weighted by atomic mass is 16.6. The van der Waals surface area contributed by atoms with Crippen LogP contribution in [0.3, 0.4) is 0 Å². The molecule has 0 amide bonds. The fraction of sp³-hybridized carbons (Fsp3) is 0.429. The third kappa shape index (κ3) is 2.85. The smallest absolute Gasteiger partial charge is 0.361 e. The highest BCUT2D eigenvalue weighted by Gasteiger charge is 2.24. The number of allylic oxidation sites excluding steroid dienone is 1. The van der Waals surface area contributed by atoms with Crippen molar-refractivity contribution in [3.05, 3.63) is 21.5 Å². The molecule has 3 N–H and O–H groups in total. The summed E-state index contributed by atoms with van der Waals surface area (Å²) < 4.78 is 4.46. The topological polar surface area (TPSA) is 119 Å². The van der Waals surface area contributed by atoms with Gasteiger partial charge in [-0.3, -0.25) is 15.5 Å². The van der Waals surface area contributed by atoms with Crippen molar-refractivity contribution >= 4 is 11.7 Å². The zero-order chi connectivity index (χ0) is 11.3. The number of nitrogens with zero attached hydrogens (tertiary/aromatic N) is 1. The maximum atomic E-state index is 11.0. The number of carbonyl (C=O) groups excluding carboxylic acids is 1. The molecule has 0 aromatic rings. The number of nitrogens with two attached hydrogens (primary N) is 1. The largest absolute Gasteiger partial charge is 0.461 e. The minimum atomic E-state index is -0.981. The quantitative estimate of drug-likeness (QED) is 0.219. The average molecular weight is 201 g/mol. The Morgan fingerprint density at radius 2 is 2.14 bits per heavy atom. The van der Waals surface area contributed by atoms with Gasteiger partial charge in [0, 0.05) is 0 Å². The molecule has 7 nitrogen and oxygen atoms in total. The van der Waals surface area contributed by atoms with Gasteiger partial charge in [-0.1, -0.05) is 0 Å². The molecule has 0 unspecified atom stereocenters. The Balaban J connectivity index is 5.10. The first-order valence-electron chi connectivity index (χ1n) is 3.78.